The van der Waals surface area contributed by atoms with Gasteiger partial charge < -0.3 is 4.74 Å². The normalized spacial score (nSPS) is 14.1. The molecule has 17 heavy (non-hydrogen) atoms. The first-order valence-electron chi connectivity index (χ1n) is 5.05. The van der Waals surface area contributed by atoms with E-state index in [9.17, 15) is 9.00 Å². The zero-order valence-electron chi connectivity index (χ0n) is 9.68. The van der Waals surface area contributed by atoms with Gasteiger partial charge in [0.05, 0.1) is 18.8 Å². The van der Waals surface area contributed by atoms with Crippen molar-refractivity contribution in [2.45, 2.75) is 12.7 Å². The zero-order chi connectivity index (χ0) is 12.8. The average molecular weight is 320 g/mol. The van der Waals surface area contributed by atoms with Crippen LogP contribution in [0.15, 0.2) is 22.9 Å². The van der Waals surface area contributed by atoms with Crippen LogP contribution in [-0.2, 0) is 26.1 Å². The van der Waals surface area contributed by atoms with Gasteiger partial charge in [0.25, 0.3) is 0 Å². The molecule has 2 unspecified atom stereocenters. The average Bonchev–Trinajstić information content (AvgIpc) is 2.27. The number of pyridine rings is 1. The number of halogens is 1. The van der Waals surface area contributed by atoms with Crippen LogP contribution in [0.25, 0.3) is 0 Å². The fourth-order valence-corrected chi connectivity index (χ4v) is 3.08. The monoisotopic (exact) mass is 319 g/mol. The Morgan fingerprint density at radius 3 is 2.88 bits per heavy atom. The molecule has 0 N–H and O–H groups in total. The van der Waals surface area contributed by atoms with Crippen molar-refractivity contribution in [2.75, 3.05) is 12.9 Å². The Balaban J connectivity index is 2.53. The molecule has 94 valence electrons. The van der Waals surface area contributed by atoms with Gasteiger partial charge in [0.15, 0.2) is 0 Å². The number of hydrogen-bond acceptors (Lipinski definition) is 4. The molecule has 0 aliphatic heterocycles. The molecule has 0 aliphatic rings. The lowest BCUT2D eigenvalue weighted by Gasteiger charge is -2.08. The van der Waals surface area contributed by atoms with Crippen LogP contribution in [0.2, 0.25) is 0 Å². The number of methoxy groups -OCH3 is 1. The van der Waals surface area contributed by atoms with Crippen LogP contribution in [0.5, 0.6) is 0 Å². The van der Waals surface area contributed by atoms with E-state index in [0.717, 1.165) is 10.0 Å². The molecule has 0 aliphatic carbocycles. The SMILES string of the molecule is COC(=O)C(C)CS(=O)Cc1cncc(Br)c1. The fourth-order valence-electron chi connectivity index (χ4n) is 1.33. The first-order chi connectivity index (χ1) is 8.02. The predicted octanol–water partition coefficient (Wildman–Crippen LogP) is 1.90. The maximum Gasteiger partial charge on any atom is 0.309 e. The minimum absolute atomic E-state index is 0.305. The molecule has 6 heteroatoms. The largest absolute Gasteiger partial charge is 0.469 e. The maximum absolute atomic E-state index is 11.8. The van der Waals surface area contributed by atoms with Crippen LogP contribution in [0.4, 0.5) is 0 Å². The second-order valence-corrected chi connectivity index (χ2v) is 6.10. The number of ether oxygens (including phenoxy) is 1. The lowest BCUT2D eigenvalue weighted by Crippen LogP contribution is -2.20. The molecular formula is C11H14BrNO3S. The first-order valence-corrected chi connectivity index (χ1v) is 7.33. The van der Waals surface area contributed by atoms with Gasteiger partial charge >= 0.3 is 5.97 Å². The van der Waals surface area contributed by atoms with E-state index in [4.69, 9.17) is 0 Å². The lowest BCUT2D eigenvalue weighted by atomic mass is 10.2. The maximum atomic E-state index is 11.8. The quantitative estimate of drug-likeness (QED) is 0.778. The van der Waals surface area contributed by atoms with E-state index in [1.54, 1.807) is 19.3 Å². The Hall–Kier alpha value is -0.750. The third kappa shape index (κ3) is 4.95. The van der Waals surface area contributed by atoms with Gasteiger partial charge in [-0.3, -0.25) is 14.0 Å². The second kappa shape index (κ2) is 6.86. The summed E-state index contributed by atoms with van der Waals surface area (Å²) in [5, 5.41) is 0. The highest BCUT2D eigenvalue weighted by molar-refractivity contribution is 9.10. The van der Waals surface area contributed by atoms with Crippen molar-refractivity contribution in [3.8, 4) is 0 Å². The molecule has 0 spiro atoms. The lowest BCUT2D eigenvalue weighted by molar-refractivity contribution is -0.144. The van der Waals surface area contributed by atoms with E-state index in [1.807, 2.05) is 6.07 Å². The van der Waals surface area contributed by atoms with Crippen molar-refractivity contribution in [3.63, 3.8) is 0 Å². The van der Waals surface area contributed by atoms with E-state index in [-0.39, 0.29) is 11.9 Å². The standard InChI is InChI=1S/C11H14BrNO3S/c1-8(11(14)16-2)6-17(15)7-9-3-10(12)5-13-4-9/h3-5,8H,6-7H2,1-2H3. The smallest absolute Gasteiger partial charge is 0.309 e. The first kappa shape index (κ1) is 14.3. The Morgan fingerprint density at radius 1 is 1.59 bits per heavy atom. The number of hydrogen-bond donors (Lipinski definition) is 0. The number of nitrogens with zero attached hydrogens (tertiary/aromatic N) is 1. The molecule has 0 saturated carbocycles. The summed E-state index contributed by atoms with van der Waals surface area (Å²) in [4.78, 5) is 15.2. The summed E-state index contributed by atoms with van der Waals surface area (Å²) in [6.45, 7) is 1.71. The molecule has 0 radical (unpaired) electrons. The zero-order valence-corrected chi connectivity index (χ0v) is 12.1. The second-order valence-electron chi connectivity index (χ2n) is 3.69. The molecule has 4 nitrogen and oxygen atoms in total. The van der Waals surface area contributed by atoms with E-state index < -0.39 is 10.8 Å². The van der Waals surface area contributed by atoms with Gasteiger partial charge in [-0.05, 0) is 27.6 Å². The molecule has 1 heterocycles. The van der Waals surface area contributed by atoms with Crippen LogP contribution in [0.3, 0.4) is 0 Å². The summed E-state index contributed by atoms with van der Waals surface area (Å²) >= 11 is 3.30. The summed E-state index contributed by atoms with van der Waals surface area (Å²) in [5.74, 6) is 0.0270. The summed E-state index contributed by atoms with van der Waals surface area (Å²) in [7, 11) is 0.240. The van der Waals surface area contributed by atoms with Gasteiger partial charge in [-0.15, -0.1) is 0 Å². The Morgan fingerprint density at radius 2 is 2.29 bits per heavy atom. The number of esters is 1. The fraction of sp³-hybridized carbons (Fsp3) is 0.455. The van der Waals surface area contributed by atoms with Crippen molar-refractivity contribution < 1.29 is 13.7 Å². The number of carbonyl (C=O) groups is 1. The van der Waals surface area contributed by atoms with E-state index >= 15 is 0 Å². The molecule has 0 fully saturated rings. The number of carbonyl (C=O) groups excluding carboxylic acids is 1. The van der Waals surface area contributed by atoms with Crippen molar-refractivity contribution in [2.24, 2.45) is 5.92 Å². The third-order valence-electron chi connectivity index (χ3n) is 2.13. The van der Waals surface area contributed by atoms with Crippen LogP contribution >= 0.6 is 15.9 Å². The van der Waals surface area contributed by atoms with Crippen molar-refractivity contribution in [1.82, 2.24) is 4.98 Å². The number of aromatic nitrogens is 1. The molecular weight excluding hydrogens is 306 g/mol. The Kier molecular flexibility index (Phi) is 5.77. The van der Waals surface area contributed by atoms with Crippen LogP contribution < -0.4 is 0 Å². The Labute approximate surface area is 111 Å². The van der Waals surface area contributed by atoms with Gasteiger partial charge in [-0.1, -0.05) is 6.92 Å². The molecule has 1 rings (SSSR count). The highest BCUT2D eigenvalue weighted by Crippen LogP contribution is 2.12. The third-order valence-corrected chi connectivity index (χ3v) is 4.09. The summed E-state index contributed by atoms with van der Waals surface area (Å²) < 4.78 is 17.3. The van der Waals surface area contributed by atoms with Crippen molar-refractivity contribution in [3.05, 3.63) is 28.5 Å². The topological polar surface area (TPSA) is 56.3 Å². The van der Waals surface area contributed by atoms with Gasteiger partial charge in [-0.25, -0.2) is 0 Å². The highest BCUT2D eigenvalue weighted by Gasteiger charge is 2.16. The van der Waals surface area contributed by atoms with Crippen LogP contribution in [0, 0.1) is 5.92 Å². The van der Waals surface area contributed by atoms with E-state index in [0.29, 0.717) is 11.5 Å². The van der Waals surface area contributed by atoms with Crippen LogP contribution in [0.1, 0.15) is 12.5 Å². The van der Waals surface area contributed by atoms with Crippen LogP contribution in [-0.4, -0.2) is 28.0 Å². The molecule has 0 amide bonds. The minimum atomic E-state index is -1.09. The van der Waals surface area contributed by atoms with Crippen molar-refractivity contribution in [1.29, 1.82) is 0 Å². The van der Waals surface area contributed by atoms with Gasteiger partial charge in [0.1, 0.15) is 0 Å². The summed E-state index contributed by atoms with van der Waals surface area (Å²) in [6.07, 6.45) is 3.34. The van der Waals surface area contributed by atoms with E-state index in [2.05, 4.69) is 25.7 Å². The highest BCUT2D eigenvalue weighted by atomic mass is 79.9. The number of rotatable bonds is 5. The van der Waals surface area contributed by atoms with Gasteiger partial charge in [0, 0.05) is 33.4 Å². The molecule has 0 saturated heterocycles. The molecule has 1 aromatic heterocycles. The minimum Gasteiger partial charge on any atom is -0.469 e. The summed E-state index contributed by atoms with van der Waals surface area (Å²) in [6, 6.07) is 1.87. The molecule has 2 atom stereocenters. The Bertz CT molecular complexity index is 425. The van der Waals surface area contributed by atoms with Gasteiger partial charge in [-0.2, -0.15) is 0 Å². The molecule has 0 aromatic carbocycles. The molecule has 1 aromatic rings. The van der Waals surface area contributed by atoms with Gasteiger partial charge in [0.2, 0.25) is 0 Å². The molecule has 0 bridgehead atoms. The van der Waals surface area contributed by atoms with E-state index in [1.165, 1.54) is 7.11 Å². The van der Waals surface area contributed by atoms with Crippen molar-refractivity contribution >= 4 is 32.7 Å². The predicted molar refractivity (Wildman–Crippen MR) is 69.8 cm³/mol. The summed E-state index contributed by atoms with van der Waals surface area (Å²) in [5.41, 5.74) is 0.884.